The number of hydrogen-bond acceptors (Lipinski definition) is 5. The van der Waals surface area contributed by atoms with Crippen molar-refractivity contribution in [3.63, 3.8) is 0 Å². The first kappa shape index (κ1) is 23.1. The first-order valence-corrected chi connectivity index (χ1v) is 12.0. The number of pyridine rings is 2. The van der Waals surface area contributed by atoms with Crippen LogP contribution in [0.5, 0.6) is 5.75 Å². The van der Waals surface area contributed by atoms with E-state index in [9.17, 15) is 9.18 Å². The van der Waals surface area contributed by atoms with E-state index in [1.807, 2.05) is 24.3 Å². The zero-order valence-corrected chi connectivity index (χ0v) is 20.0. The van der Waals surface area contributed by atoms with Gasteiger partial charge in [-0.2, -0.15) is 0 Å². The molecule has 180 valence electrons. The molecule has 0 amide bonds. The number of halogens is 1. The van der Waals surface area contributed by atoms with Gasteiger partial charge in [0.25, 0.3) is 5.56 Å². The van der Waals surface area contributed by atoms with E-state index in [1.165, 1.54) is 31.6 Å². The molecule has 0 atom stereocenters. The molecular formula is C28H29FN4O2. The van der Waals surface area contributed by atoms with Crippen LogP contribution in [0, 0.1) is 5.82 Å². The van der Waals surface area contributed by atoms with Crippen molar-refractivity contribution in [2.75, 3.05) is 32.1 Å². The van der Waals surface area contributed by atoms with Crippen LogP contribution in [0.4, 0.5) is 15.9 Å². The molecule has 35 heavy (non-hydrogen) atoms. The van der Waals surface area contributed by atoms with E-state index < -0.39 is 5.82 Å². The highest BCUT2D eigenvalue weighted by Crippen LogP contribution is 2.32. The normalized spacial score (nSPS) is 14.8. The van der Waals surface area contributed by atoms with Gasteiger partial charge in [-0.05, 0) is 91.8 Å². The molecule has 5 rings (SSSR count). The van der Waals surface area contributed by atoms with Crippen LogP contribution in [0.2, 0.25) is 0 Å². The molecule has 0 saturated carbocycles. The SMILES string of the molecule is CCN1CCC(c2ccc(Nc3nc(-c4ccc(F)c(OC)c4)cc4cc[nH]c(=O)c34)cc2)CC1. The van der Waals surface area contributed by atoms with Crippen molar-refractivity contribution in [3.8, 4) is 17.0 Å². The lowest BCUT2D eigenvalue weighted by molar-refractivity contribution is 0.222. The quantitative estimate of drug-likeness (QED) is 0.378. The summed E-state index contributed by atoms with van der Waals surface area (Å²) < 4.78 is 19.1. The van der Waals surface area contributed by atoms with Crippen LogP contribution in [0.3, 0.4) is 0 Å². The monoisotopic (exact) mass is 472 g/mol. The van der Waals surface area contributed by atoms with Gasteiger partial charge in [0.1, 0.15) is 5.82 Å². The van der Waals surface area contributed by atoms with Gasteiger partial charge in [0, 0.05) is 17.4 Å². The number of aromatic amines is 1. The van der Waals surface area contributed by atoms with E-state index in [0.29, 0.717) is 28.4 Å². The van der Waals surface area contributed by atoms with Crippen LogP contribution < -0.4 is 15.6 Å². The topological polar surface area (TPSA) is 70.2 Å². The number of likely N-dealkylation sites (tertiary alicyclic amines) is 1. The van der Waals surface area contributed by atoms with Crippen molar-refractivity contribution < 1.29 is 9.13 Å². The van der Waals surface area contributed by atoms with Crippen molar-refractivity contribution in [2.24, 2.45) is 0 Å². The standard InChI is InChI=1S/C28H29FN4O2/c1-3-33-14-11-19(12-15-33)18-4-7-22(8-5-18)31-27-26-21(10-13-30-28(26)34)16-24(32-27)20-6-9-23(29)25(17-20)35-2/h4-10,13,16-17,19H,3,11-12,14-15H2,1-2H3,(H,30,34)(H,31,32). The van der Waals surface area contributed by atoms with E-state index >= 15 is 0 Å². The molecule has 0 aliphatic carbocycles. The Balaban J connectivity index is 1.47. The molecule has 2 aromatic carbocycles. The number of anilines is 2. The largest absolute Gasteiger partial charge is 0.494 e. The number of piperidine rings is 1. The lowest BCUT2D eigenvalue weighted by Crippen LogP contribution is -2.32. The maximum Gasteiger partial charge on any atom is 0.259 e. The minimum Gasteiger partial charge on any atom is -0.494 e. The van der Waals surface area contributed by atoms with Gasteiger partial charge in [-0.3, -0.25) is 4.79 Å². The first-order chi connectivity index (χ1) is 17.1. The summed E-state index contributed by atoms with van der Waals surface area (Å²) in [5.41, 5.74) is 3.28. The highest BCUT2D eigenvalue weighted by atomic mass is 19.1. The Morgan fingerprint density at radius 1 is 1.11 bits per heavy atom. The number of fused-ring (bicyclic) bond motifs is 1. The fourth-order valence-electron chi connectivity index (χ4n) is 4.83. The van der Waals surface area contributed by atoms with Crippen molar-refractivity contribution in [1.29, 1.82) is 0 Å². The molecule has 1 aliphatic heterocycles. The number of methoxy groups -OCH3 is 1. The summed E-state index contributed by atoms with van der Waals surface area (Å²) in [5, 5.41) is 4.55. The maximum atomic E-state index is 14.0. The van der Waals surface area contributed by atoms with Gasteiger partial charge < -0.3 is 19.9 Å². The summed E-state index contributed by atoms with van der Waals surface area (Å²) in [4.78, 5) is 22.7. The Bertz CT molecular complexity index is 1390. The second-order valence-corrected chi connectivity index (χ2v) is 8.93. The lowest BCUT2D eigenvalue weighted by atomic mass is 9.89. The van der Waals surface area contributed by atoms with Crippen LogP contribution in [0.25, 0.3) is 22.0 Å². The summed E-state index contributed by atoms with van der Waals surface area (Å²) >= 11 is 0. The summed E-state index contributed by atoms with van der Waals surface area (Å²) in [6.45, 7) is 5.60. The number of benzene rings is 2. The van der Waals surface area contributed by atoms with E-state index in [4.69, 9.17) is 9.72 Å². The van der Waals surface area contributed by atoms with Crippen LogP contribution in [-0.2, 0) is 0 Å². The van der Waals surface area contributed by atoms with Gasteiger partial charge in [0.05, 0.1) is 18.2 Å². The summed E-state index contributed by atoms with van der Waals surface area (Å²) in [6.07, 6.45) is 3.96. The Morgan fingerprint density at radius 2 is 1.89 bits per heavy atom. The molecule has 0 radical (unpaired) electrons. The molecule has 0 bridgehead atoms. The fourth-order valence-corrected chi connectivity index (χ4v) is 4.83. The number of hydrogen-bond donors (Lipinski definition) is 2. The van der Waals surface area contributed by atoms with Gasteiger partial charge in [0.15, 0.2) is 11.6 Å². The van der Waals surface area contributed by atoms with Gasteiger partial charge in [-0.25, -0.2) is 9.37 Å². The van der Waals surface area contributed by atoms with Crippen LogP contribution in [-0.4, -0.2) is 41.6 Å². The molecule has 1 saturated heterocycles. The molecule has 7 heteroatoms. The van der Waals surface area contributed by atoms with Crippen molar-refractivity contribution >= 4 is 22.3 Å². The van der Waals surface area contributed by atoms with Crippen molar-refractivity contribution in [1.82, 2.24) is 14.9 Å². The molecule has 0 unspecified atom stereocenters. The molecule has 0 spiro atoms. The molecule has 1 fully saturated rings. The van der Waals surface area contributed by atoms with Crippen LogP contribution in [0.1, 0.15) is 31.2 Å². The predicted molar refractivity (Wildman–Crippen MR) is 138 cm³/mol. The van der Waals surface area contributed by atoms with E-state index in [0.717, 1.165) is 30.7 Å². The molecule has 4 aromatic rings. The Hall–Kier alpha value is -3.71. The molecule has 2 N–H and O–H groups in total. The fraction of sp³-hybridized carbons (Fsp3) is 0.286. The number of H-pyrrole nitrogens is 1. The van der Waals surface area contributed by atoms with Crippen LogP contribution in [0.15, 0.2) is 65.6 Å². The second-order valence-electron chi connectivity index (χ2n) is 8.93. The van der Waals surface area contributed by atoms with Gasteiger partial charge >= 0.3 is 0 Å². The zero-order valence-electron chi connectivity index (χ0n) is 20.0. The van der Waals surface area contributed by atoms with E-state index in [2.05, 4.69) is 34.3 Å². The third kappa shape index (κ3) is 4.77. The Kier molecular flexibility index (Phi) is 6.51. The average molecular weight is 473 g/mol. The number of nitrogens with zero attached hydrogens (tertiary/aromatic N) is 2. The number of nitrogens with one attached hydrogen (secondary N) is 2. The number of aromatic nitrogens is 2. The Morgan fingerprint density at radius 3 is 2.60 bits per heavy atom. The molecular weight excluding hydrogens is 443 g/mol. The van der Waals surface area contributed by atoms with Gasteiger partial charge in [0.2, 0.25) is 0 Å². The highest BCUT2D eigenvalue weighted by molar-refractivity contribution is 5.95. The smallest absolute Gasteiger partial charge is 0.259 e. The second kappa shape index (κ2) is 9.88. The summed E-state index contributed by atoms with van der Waals surface area (Å²) in [6, 6.07) is 16.7. The van der Waals surface area contributed by atoms with Gasteiger partial charge in [-0.15, -0.1) is 0 Å². The number of rotatable bonds is 6. The third-order valence-electron chi connectivity index (χ3n) is 6.88. The minimum atomic E-state index is -0.438. The van der Waals surface area contributed by atoms with Crippen molar-refractivity contribution in [3.05, 3.63) is 82.5 Å². The highest BCUT2D eigenvalue weighted by Gasteiger charge is 2.19. The summed E-state index contributed by atoms with van der Waals surface area (Å²) in [5.74, 6) is 0.731. The molecule has 3 heterocycles. The zero-order chi connectivity index (χ0) is 24.4. The minimum absolute atomic E-state index is 0.144. The third-order valence-corrected chi connectivity index (χ3v) is 6.88. The summed E-state index contributed by atoms with van der Waals surface area (Å²) in [7, 11) is 1.43. The van der Waals surface area contributed by atoms with Gasteiger partial charge in [-0.1, -0.05) is 19.1 Å². The maximum absolute atomic E-state index is 14.0. The van der Waals surface area contributed by atoms with Crippen LogP contribution >= 0.6 is 0 Å². The number of ether oxygens (including phenoxy) is 1. The van der Waals surface area contributed by atoms with E-state index in [-0.39, 0.29) is 11.3 Å². The Labute approximate surface area is 203 Å². The predicted octanol–water partition coefficient (Wildman–Crippen LogP) is 5.68. The average Bonchev–Trinajstić information content (AvgIpc) is 2.89. The van der Waals surface area contributed by atoms with E-state index in [1.54, 1.807) is 18.3 Å². The molecule has 6 nitrogen and oxygen atoms in total. The lowest BCUT2D eigenvalue weighted by Gasteiger charge is -2.31. The van der Waals surface area contributed by atoms with Crippen molar-refractivity contribution in [2.45, 2.75) is 25.7 Å². The molecule has 2 aromatic heterocycles. The first-order valence-electron chi connectivity index (χ1n) is 12.0. The molecule has 1 aliphatic rings.